The van der Waals surface area contributed by atoms with E-state index in [9.17, 15) is 0 Å². The van der Waals surface area contributed by atoms with Crippen LogP contribution in [0.25, 0.3) is 0 Å². The highest BCUT2D eigenvalue weighted by atomic mass is 16.5. The van der Waals surface area contributed by atoms with Crippen molar-refractivity contribution in [2.45, 2.75) is 50.7 Å². The molecule has 0 saturated heterocycles. The maximum absolute atomic E-state index is 5.99. The van der Waals surface area contributed by atoms with Crippen LogP contribution in [-0.4, -0.2) is 31.1 Å². The number of rotatable bonds is 4. The molecule has 1 fully saturated rings. The Hall–Kier alpha value is -1.06. The molecule has 2 rings (SSSR count). The normalized spacial score (nSPS) is 25.3. The predicted molar refractivity (Wildman–Crippen MR) is 79.4 cm³/mol. The van der Waals surface area contributed by atoms with Gasteiger partial charge < -0.3 is 10.5 Å². The molecule has 0 bridgehead atoms. The van der Waals surface area contributed by atoms with E-state index in [1.54, 1.807) is 7.11 Å². The summed E-state index contributed by atoms with van der Waals surface area (Å²) >= 11 is 0. The van der Waals surface area contributed by atoms with E-state index in [-0.39, 0.29) is 0 Å². The fourth-order valence-electron chi connectivity index (χ4n) is 2.96. The molecule has 1 aromatic rings. The summed E-state index contributed by atoms with van der Waals surface area (Å²) in [5, 5.41) is 0. The summed E-state index contributed by atoms with van der Waals surface area (Å²) in [5.41, 5.74) is 7.30. The van der Waals surface area contributed by atoms with Gasteiger partial charge in [0.05, 0.1) is 7.11 Å². The van der Waals surface area contributed by atoms with Crippen molar-refractivity contribution in [3.8, 4) is 5.75 Å². The summed E-state index contributed by atoms with van der Waals surface area (Å²) in [5.74, 6) is 0.934. The third-order valence-electron chi connectivity index (χ3n) is 4.50. The van der Waals surface area contributed by atoms with E-state index in [1.807, 2.05) is 6.07 Å². The standard InChI is InChI=1S/C16H26N2O/c1-12(13-5-4-6-16(11-13)19-3)18(2)15-9-7-14(17)8-10-15/h4-6,11-12,14-15H,7-10,17H2,1-3H3. The first-order valence-corrected chi connectivity index (χ1v) is 7.23. The maximum atomic E-state index is 5.99. The molecule has 1 atom stereocenters. The highest BCUT2D eigenvalue weighted by Gasteiger charge is 2.25. The van der Waals surface area contributed by atoms with Crippen molar-refractivity contribution in [2.24, 2.45) is 5.73 Å². The molecule has 3 heteroatoms. The van der Waals surface area contributed by atoms with Crippen LogP contribution in [-0.2, 0) is 0 Å². The molecule has 0 radical (unpaired) electrons. The van der Waals surface area contributed by atoms with Crippen LogP contribution in [0.15, 0.2) is 24.3 Å². The molecule has 3 nitrogen and oxygen atoms in total. The van der Waals surface area contributed by atoms with Crippen molar-refractivity contribution in [1.82, 2.24) is 4.90 Å². The smallest absolute Gasteiger partial charge is 0.119 e. The molecule has 1 saturated carbocycles. The lowest BCUT2D eigenvalue weighted by Crippen LogP contribution is -2.39. The van der Waals surface area contributed by atoms with Crippen LogP contribution >= 0.6 is 0 Å². The first-order chi connectivity index (χ1) is 9.11. The third kappa shape index (κ3) is 3.48. The predicted octanol–water partition coefficient (Wildman–Crippen LogP) is 2.96. The first kappa shape index (κ1) is 14.4. The molecule has 106 valence electrons. The van der Waals surface area contributed by atoms with Crippen LogP contribution < -0.4 is 10.5 Å². The van der Waals surface area contributed by atoms with E-state index in [1.165, 1.54) is 18.4 Å². The fourth-order valence-corrected chi connectivity index (χ4v) is 2.96. The number of hydrogen-bond donors (Lipinski definition) is 1. The van der Waals surface area contributed by atoms with Crippen molar-refractivity contribution in [3.05, 3.63) is 29.8 Å². The number of nitrogens with two attached hydrogens (primary N) is 1. The minimum atomic E-state index is 0.412. The van der Waals surface area contributed by atoms with E-state index in [0.29, 0.717) is 18.1 Å². The van der Waals surface area contributed by atoms with Crippen molar-refractivity contribution in [1.29, 1.82) is 0 Å². The summed E-state index contributed by atoms with van der Waals surface area (Å²) in [6, 6.07) is 9.85. The Morgan fingerprint density at radius 1 is 1.26 bits per heavy atom. The van der Waals surface area contributed by atoms with Gasteiger partial charge in [0.25, 0.3) is 0 Å². The van der Waals surface area contributed by atoms with Crippen LogP contribution in [0.2, 0.25) is 0 Å². The Morgan fingerprint density at radius 2 is 1.95 bits per heavy atom. The lowest BCUT2D eigenvalue weighted by molar-refractivity contribution is 0.140. The summed E-state index contributed by atoms with van der Waals surface area (Å²) in [6.45, 7) is 2.27. The lowest BCUT2D eigenvalue weighted by atomic mass is 9.90. The molecule has 0 aliphatic heterocycles. The molecule has 0 amide bonds. The molecule has 1 aromatic carbocycles. The van der Waals surface area contributed by atoms with Crippen LogP contribution in [0.1, 0.15) is 44.2 Å². The monoisotopic (exact) mass is 262 g/mol. The lowest BCUT2D eigenvalue weighted by Gasteiger charge is -2.37. The highest BCUT2D eigenvalue weighted by molar-refractivity contribution is 5.30. The summed E-state index contributed by atoms with van der Waals surface area (Å²) in [4.78, 5) is 2.49. The molecular formula is C16H26N2O. The van der Waals surface area contributed by atoms with Gasteiger partial charge in [-0.2, -0.15) is 0 Å². The Bertz CT molecular complexity index is 399. The largest absolute Gasteiger partial charge is 0.497 e. The molecule has 2 N–H and O–H groups in total. The number of nitrogens with zero attached hydrogens (tertiary/aromatic N) is 1. The third-order valence-corrected chi connectivity index (χ3v) is 4.50. The second-order valence-electron chi connectivity index (χ2n) is 5.69. The topological polar surface area (TPSA) is 38.5 Å². The SMILES string of the molecule is COc1cccc(C(C)N(C)C2CCC(N)CC2)c1. The Labute approximate surface area is 116 Å². The Kier molecular flexibility index (Phi) is 4.83. The average Bonchev–Trinajstić information content (AvgIpc) is 2.46. The summed E-state index contributed by atoms with van der Waals surface area (Å²) in [7, 11) is 3.95. The zero-order valence-corrected chi connectivity index (χ0v) is 12.3. The zero-order chi connectivity index (χ0) is 13.8. The van der Waals surface area contributed by atoms with Crippen molar-refractivity contribution in [2.75, 3.05) is 14.2 Å². The molecule has 19 heavy (non-hydrogen) atoms. The molecular weight excluding hydrogens is 236 g/mol. The molecule has 1 unspecified atom stereocenters. The molecule has 0 aromatic heterocycles. The molecule has 1 aliphatic carbocycles. The quantitative estimate of drug-likeness (QED) is 0.906. The van der Waals surface area contributed by atoms with E-state index in [0.717, 1.165) is 18.6 Å². The van der Waals surface area contributed by atoms with Crippen molar-refractivity contribution >= 4 is 0 Å². The Balaban J connectivity index is 2.03. The average molecular weight is 262 g/mol. The maximum Gasteiger partial charge on any atom is 0.119 e. The second-order valence-corrected chi connectivity index (χ2v) is 5.69. The Morgan fingerprint density at radius 3 is 2.58 bits per heavy atom. The van der Waals surface area contributed by atoms with Gasteiger partial charge >= 0.3 is 0 Å². The fraction of sp³-hybridized carbons (Fsp3) is 0.625. The minimum absolute atomic E-state index is 0.412. The van der Waals surface area contributed by atoms with Crippen LogP contribution in [0.3, 0.4) is 0 Å². The molecule has 0 heterocycles. The number of benzene rings is 1. The minimum Gasteiger partial charge on any atom is -0.497 e. The van der Waals surface area contributed by atoms with Gasteiger partial charge in [-0.25, -0.2) is 0 Å². The van der Waals surface area contributed by atoms with E-state index in [4.69, 9.17) is 10.5 Å². The van der Waals surface area contributed by atoms with Crippen molar-refractivity contribution < 1.29 is 4.74 Å². The van der Waals surface area contributed by atoms with Gasteiger partial charge in [0.1, 0.15) is 5.75 Å². The van der Waals surface area contributed by atoms with Gasteiger partial charge in [-0.1, -0.05) is 12.1 Å². The summed E-state index contributed by atoms with van der Waals surface area (Å²) < 4.78 is 5.31. The number of hydrogen-bond acceptors (Lipinski definition) is 3. The zero-order valence-electron chi connectivity index (χ0n) is 12.3. The van der Waals surface area contributed by atoms with Crippen LogP contribution in [0.4, 0.5) is 0 Å². The molecule has 0 spiro atoms. The van der Waals surface area contributed by atoms with Crippen LogP contribution in [0, 0.1) is 0 Å². The highest BCUT2D eigenvalue weighted by Crippen LogP contribution is 2.29. The molecule has 1 aliphatic rings. The van der Waals surface area contributed by atoms with Gasteiger partial charge in [-0.3, -0.25) is 4.90 Å². The first-order valence-electron chi connectivity index (χ1n) is 7.23. The second kappa shape index (κ2) is 6.40. The van der Waals surface area contributed by atoms with Crippen molar-refractivity contribution in [3.63, 3.8) is 0 Å². The van der Waals surface area contributed by atoms with Gasteiger partial charge in [0.2, 0.25) is 0 Å². The number of methoxy groups -OCH3 is 1. The van der Waals surface area contributed by atoms with Gasteiger partial charge in [0, 0.05) is 18.1 Å². The summed E-state index contributed by atoms with van der Waals surface area (Å²) in [6.07, 6.45) is 4.73. The van der Waals surface area contributed by atoms with Gasteiger partial charge in [0.15, 0.2) is 0 Å². The number of ether oxygens (including phenoxy) is 1. The van der Waals surface area contributed by atoms with Crippen LogP contribution in [0.5, 0.6) is 5.75 Å². The van der Waals surface area contributed by atoms with E-state index < -0.39 is 0 Å². The van der Waals surface area contributed by atoms with E-state index >= 15 is 0 Å². The van der Waals surface area contributed by atoms with Gasteiger partial charge in [-0.15, -0.1) is 0 Å². The van der Waals surface area contributed by atoms with Gasteiger partial charge in [-0.05, 0) is 57.4 Å². The van der Waals surface area contributed by atoms with E-state index in [2.05, 4.69) is 37.1 Å².